The molecule has 0 bridgehead atoms. The second-order valence-corrected chi connectivity index (χ2v) is 6.04. The number of hydrogen-bond donors (Lipinski definition) is 1. The Morgan fingerprint density at radius 1 is 1.25 bits per heavy atom. The molecule has 0 fully saturated rings. The molecule has 0 aliphatic heterocycles. The molecule has 1 N–H and O–H groups in total. The molecule has 0 aliphatic carbocycles. The standard InChI is InChI=1S/C13H18Cl2O/c1-13(2,3)8-7-11(16)9-5-4-6-10(14)12(9)15/h4-6,11,16H,7-8H2,1-3H3. The van der Waals surface area contributed by atoms with Crippen molar-refractivity contribution in [2.45, 2.75) is 39.7 Å². The lowest BCUT2D eigenvalue weighted by molar-refractivity contribution is 0.147. The number of benzene rings is 1. The van der Waals surface area contributed by atoms with E-state index in [4.69, 9.17) is 23.2 Å². The van der Waals surface area contributed by atoms with E-state index in [2.05, 4.69) is 20.8 Å². The van der Waals surface area contributed by atoms with E-state index in [1.807, 2.05) is 12.1 Å². The van der Waals surface area contributed by atoms with Gasteiger partial charge in [0.15, 0.2) is 0 Å². The van der Waals surface area contributed by atoms with Gasteiger partial charge in [0.25, 0.3) is 0 Å². The van der Waals surface area contributed by atoms with E-state index >= 15 is 0 Å². The number of aliphatic hydroxyl groups is 1. The molecule has 0 saturated heterocycles. The highest BCUT2D eigenvalue weighted by Gasteiger charge is 2.17. The van der Waals surface area contributed by atoms with Crippen LogP contribution in [-0.2, 0) is 0 Å². The first kappa shape index (κ1) is 13.8. The molecule has 16 heavy (non-hydrogen) atoms. The van der Waals surface area contributed by atoms with Crippen molar-refractivity contribution in [1.82, 2.24) is 0 Å². The van der Waals surface area contributed by atoms with E-state index in [0.717, 1.165) is 12.0 Å². The Bertz CT molecular complexity index is 355. The number of rotatable bonds is 3. The molecule has 0 saturated carbocycles. The maximum absolute atomic E-state index is 10.0. The summed E-state index contributed by atoms with van der Waals surface area (Å²) in [6.07, 6.45) is 1.10. The van der Waals surface area contributed by atoms with Gasteiger partial charge in [-0.05, 0) is 24.3 Å². The Balaban J connectivity index is 2.73. The van der Waals surface area contributed by atoms with Crippen LogP contribution >= 0.6 is 23.2 Å². The number of halogens is 2. The van der Waals surface area contributed by atoms with Gasteiger partial charge < -0.3 is 5.11 Å². The van der Waals surface area contributed by atoms with Gasteiger partial charge in [0.2, 0.25) is 0 Å². The van der Waals surface area contributed by atoms with Gasteiger partial charge in [-0.3, -0.25) is 0 Å². The van der Waals surface area contributed by atoms with E-state index in [-0.39, 0.29) is 5.41 Å². The van der Waals surface area contributed by atoms with E-state index in [9.17, 15) is 5.11 Å². The minimum atomic E-state index is -0.537. The van der Waals surface area contributed by atoms with Crippen molar-refractivity contribution in [3.8, 4) is 0 Å². The van der Waals surface area contributed by atoms with Gasteiger partial charge in [-0.15, -0.1) is 0 Å². The first-order valence-corrected chi connectivity index (χ1v) is 6.19. The van der Waals surface area contributed by atoms with Crippen LogP contribution < -0.4 is 0 Å². The van der Waals surface area contributed by atoms with Gasteiger partial charge in [0.05, 0.1) is 16.1 Å². The summed E-state index contributed by atoms with van der Waals surface area (Å²) >= 11 is 12.0. The Labute approximate surface area is 107 Å². The van der Waals surface area contributed by atoms with Crippen LogP contribution in [0.25, 0.3) is 0 Å². The van der Waals surface area contributed by atoms with Crippen molar-refractivity contribution < 1.29 is 5.11 Å². The Kier molecular flexibility index (Phi) is 4.66. The maximum Gasteiger partial charge on any atom is 0.0805 e. The third-order valence-electron chi connectivity index (χ3n) is 2.51. The van der Waals surface area contributed by atoms with Crippen LogP contribution in [0.1, 0.15) is 45.3 Å². The summed E-state index contributed by atoms with van der Waals surface area (Å²) in [4.78, 5) is 0. The maximum atomic E-state index is 10.0. The van der Waals surface area contributed by atoms with Gasteiger partial charge in [-0.25, -0.2) is 0 Å². The fraction of sp³-hybridized carbons (Fsp3) is 0.538. The highest BCUT2D eigenvalue weighted by atomic mass is 35.5. The minimum Gasteiger partial charge on any atom is -0.388 e. The lowest BCUT2D eigenvalue weighted by atomic mass is 9.88. The van der Waals surface area contributed by atoms with E-state index in [1.54, 1.807) is 6.07 Å². The fourth-order valence-corrected chi connectivity index (χ4v) is 1.94. The molecule has 1 aromatic rings. The first-order valence-electron chi connectivity index (χ1n) is 5.43. The molecule has 0 amide bonds. The molecular weight excluding hydrogens is 243 g/mol. The van der Waals surface area contributed by atoms with Gasteiger partial charge >= 0.3 is 0 Å². The molecule has 1 atom stereocenters. The van der Waals surface area contributed by atoms with Gasteiger partial charge in [-0.1, -0.05) is 56.1 Å². The summed E-state index contributed by atoms with van der Waals surface area (Å²) in [6.45, 7) is 6.46. The summed E-state index contributed by atoms with van der Waals surface area (Å²) < 4.78 is 0. The average molecular weight is 261 g/mol. The summed E-state index contributed by atoms with van der Waals surface area (Å²) in [6, 6.07) is 5.36. The minimum absolute atomic E-state index is 0.214. The van der Waals surface area contributed by atoms with Crippen LogP contribution in [-0.4, -0.2) is 5.11 Å². The van der Waals surface area contributed by atoms with Gasteiger partial charge in [-0.2, -0.15) is 0 Å². The molecule has 0 radical (unpaired) electrons. The smallest absolute Gasteiger partial charge is 0.0805 e. The Morgan fingerprint density at radius 3 is 2.44 bits per heavy atom. The average Bonchev–Trinajstić information content (AvgIpc) is 2.17. The van der Waals surface area contributed by atoms with E-state index in [0.29, 0.717) is 16.5 Å². The number of hydrogen-bond acceptors (Lipinski definition) is 1. The predicted octanol–water partition coefficient (Wildman–Crippen LogP) is 4.85. The first-order chi connectivity index (χ1) is 7.31. The monoisotopic (exact) mass is 260 g/mol. The molecule has 0 spiro atoms. The van der Waals surface area contributed by atoms with Crippen molar-refractivity contribution in [2.24, 2.45) is 5.41 Å². The molecule has 90 valence electrons. The van der Waals surface area contributed by atoms with Crippen molar-refractivity contribution in [1.29, 1.82) is 0 Å². The summed E-state index contributed by atoms with van der Waals surface area (Å²) in [5.74, 6) is 0. The zero-order chi connectivity index (χ0) is 12.3. The third-order valence-corrected chi connectivity index (χ3v) is 3.34. The number of aliphatic hydroxyl groups excluding tert-OH is 1. The third kappa shape index (κ3) is 3.97. The van der Waals surface area contributed by atoms with Crippen molar-refractivity contribution in [2.75, 3.05) is 0 Å². The largest absolute Gasteiger partial charge is 0.388 e. The van der Waals surface area contributed by atoms with Gasteiger partial charge in [0.1, 0.15) is 0 Å². The van der Waals surface area contributed by atoms with Crippen LogP contribution in [0.2, 0.25) is 10.0 Å². The van der Waals surface area contributed by atoms with E-state index in [1.165, 1.54) is 0 Å². The van der Waals surface area contributed by atoms with Crippen molar-refractivity contribution >= 4 is 23.2 Å². The highest BCUT2D eigenvalue weighted by Crippen LogP contribution is 2.33. The van der Waals surface area contributed by atoms with Crippen LogP contribution in [0.5, 0.6) is 0 Å². The molecule has 1 nitrogen and oxygen atoms in total. The van der Waals surface area contributed by atoms with Crippen molar-refractivity contribution in [3.05, 3.63) is 33.8 Å². The zero-order valence-corrected chi connectivity index (χ0v) is 11.4. The quantitative estimate of drug-likeness (QED) is 0.824. The normalized spacial score (nSPS) is 13.9. The van der Waals surface area contributed by atoms with Crippen molar-refractivity contribution in [3.63, 3.8) is 0 Å². The summed E-state index contributed by atoms with van der Waals surface area (Å²) in [5, 5.41) is 11.0. The molecule has 1 aromatic carbocycles. The molecule has 0 aliphatic rings. The predicted molar refractivity (Wildman–Crippen MR) is 70.1 cm³/mol. The molecule has 3 heteroatoms. The molecule has 1 rings (SSSR count). The summed E-state index contributed by atoms with van der Waals surface area (Å²) in [5.41, 5.74) is 0.935. The molecule has 0 aromatic heterocycles. The van der Waals surface area contributed by atoms with Crippen LogP contribution in [0, 0.1) is 5.41 Å². The SMILES string of the molecule is CC(C)(C)CCC(O)c1cccc(Cl)c1Cl. The highest BCUT2D eigenvalue weighted by molar-refractivity contribution is 6.42. The van der Waals surface area contributed by atoms with E-state index < -0.39 is 6.10 Å². The summed E-state index contributed by atoms with van der Waals surface area (Å²) in [7, 11) is 0. The second-order valence-electron chi connectivity index (χ2n) is 5.26. The Hall–Kier alpha value is -0.240. The lowest BCUT2D eigenvalue weighted by Gasteiger charge is -2.21. The zero-order valence-electron chi connectivity index (χ0n) is 9.93. The van der Waals surface area contributed by atoms with Crippen LogP contribution in [0.3, 0.4) is 0 Å². The molecular formula is C13H18Cl2O. The molecule has 1 unspecified atom stereocenters. The topological polar surface area (TPSA) is 20.2 Å². The fourth-order valence-electron chi connectivity index (χ4n) is 1.50. The molecule has 0 heterocycles. The van der Waals surface area contributed by atoms with Gasteiger partial charge in [0, 0.05) is 5.56 Å². The second kappa shape index (κ2) is 5.39. The Morgan fingerprint density at radius 2 is 1.88 bits per heavy atom. The lowest BCUT2D eigenvalue weighted by Crippen LogP contribution is -2.08. The van der Waals surface area contributed by atoms with Crippen LogP contribution in [0.4, 0.5) is 0 Å². The van der Waals surface area contributed by atoms with Crippen LogP contribution in [0.15, 0.2) is 18.2 Å².